The van der Waals surface area contributed by atoms with Gasteiger partial charge in [0, 0.05) is 23.1 Å². The van der Waals surface area contributed by atoms with Gasteiger partial charge in [-0.15, -0.1) is 0 Å². The highest BCUT2D eigenvalue weighted by Gasteiger charge is 2.25. The summed E-state index contributed by atoms with van der Waals surface area (Å²) in [5, 5.41) is 2.77. The SMILES string of the molecule is O=C(NCCN1C(=O)CSC1=S)c1ccc(Br)cc1. The fourth-order valence-electron chi connectivity index (χ4n) is 1.58. The lowest BCUT2D eigenvalue weighted by Crippen LogP contribution is -2.37. The van der Waals surface area contributed by atoms with Crippen molar-refractivity contribution in [3.8, 4) is 0 Å². The molecule has 0 spiro atoms. The Hall–Kier alpha value is -0.920. The van der Waals surface area contributed by atoms with E-state index in [1.54, 1.807) is 12.1 Å². The van der Waals surface area contributed by atoms with Crippen molar-refractivity contribution in [2.45, 2.75) is 0 Å². The van der Waals surface area contributed by atoms with Crippen molar-refractivity contribution in [1.82, 2.24) is 10.2 Å². The van der Waals surface area contributed by atoms with E-state index < -0.39 is 0 Å². The first-order valence-electron chi connectivity index (χ1n) is 5.59. The molecule has 0 saturated carbocycles. The lowest BCUT2D eigenvalue weighted by Gasteiger charge is -2.15. The Kier molecular flexibility index (Phi) is 4.95. The van der Waals surface area contributed by atoms with Gasteiger partial charge in [-0.05, 0) is 24.3 Å². The van der Waals surface area contributed by atoms with Gasteiger partial charge in [0.2, 0.25) is 5.91 Å². The monoisotopic (exact) mass is 358 g/mol. The predicted octanol–water partition coefficient (Wildman–Crippen LogP) is 2.04. The number of carbonyl (C=O) groups is 2. The Balaban J connectivity index is 1.82. The molecule has 1 heterocycles. The number of nitrogens with one attached hydrogen (secondary N) is 1. The summed E-state index contributed by atoms with van der Waals surface area (Å²) >= 11 is 9.73. The summed E-state index contributed by atoms with van der Waals surface area (Å²) in [5.74, 6) is 0.255. The standard InChI is InChI=1S/C12H11BrN2O2S2/c13-9-3-1-8(2-4-9)11(17)14-5-6-15-10(16)7-19-12(15)18/h1-4H,5-7H2,(H,14,17). The van der Waals surface area contributed by atoms with Gasteiger partial charge in [0.05, 0.1) is 5.75 Å². The normalized spacial score (nSPS) is 14.9. The highest BCUT2D eigenvalue weighted by atomic mass is 79.9. The van der Waals surface area contributed by atoms with Gasteiger partial charge in [-0.1, -0.05) is 39.9 Å². The summed E-state index contributed by atoms with van der Waals surface area (Å²) in [5.41, 5.74) is 0.591. The van der Waals surface area contributed by atoms with Crippen LogP contribution in [0.25, 0.3) is 0 Å². The molecule has 2 amide bonds. The number of rotatable bonds is 4. The van der Waals surface area contributed by atoms with E-state index in [1.807, 2.05) is 12.1 Å². The summed E-state index contributed by atoms with van der Waals surface area (Å²) in [7, 11) is 0. The van der Waals surface area contributed by atoms with Gasteiger partial charge in [-0.25, -0.2) is 0 Å². The van der Waals surface area contributed by atoms with E-state index in [2.05, 4.69) is 21.2 Å². The molecule has 0 aromatic heterocycles. The molecule has 1 saturated heterocycles. The molecule has 1 aromatic rings. The number of amides is 2. The Bertz CT molecular complexity index is 503. The van der Waals surface area contributed by atoms with Crippen molar-refractivity contribution in [3.05, 3.63) is 34.3 Å². The van der Waals surface area contributed by atoms with Crippen LogP contribution >= 0.6 is 39.9 Å². The molecule has 1 fully saturated rings. The average molecular weight is 359 g/mol. The third-order valence-electron chi connectivity index (χ3n) is 2.57. The van der Waals surface area contributed by atoms with Crippen LogP contribution in [0.1, 0.15) is 10.4 Å². The maximum absolute atomic E-state index is 11.8. The molecule has 1 N–H and O–H groups in total. The highest BCUT2D eigenvalue weighted by molar-refractivity contribution is 9.10. The Morgan fingerprint density at radius 2 is 2.11 bits per heavy atom. The first-order valence-corrected chi connectivity index (χ1v) is 7.77. The third kappa shape index (κ3) is 3.77. The van der Waals surface area contributed by atoms with Crippen LogP contribution in [0, 0.1) is 0 Å². The van der Waals surface area contributed by atoms with E-state index in [4.69, 9.17) is 12.2 Å². The van der Waals surface area contributed by atoms with E-state index in [0.717, 1.165) is 4.47 Å². The molecule has 0 unspecified atom stereocenters. The summed E-state index contributed by atoms with van der Waals surface area (Å²) in [6.45, 7) is 0.814. The summed E-state index contributed by atoms with van der Waals surface area (Å²) < 4.78 is 1.51. The van der Waals surface area contributed by atoms with Crippen LogP contribution in [0.4, 0.5) is 0 Å². The first-order chi connectivity index (χ1) is 9.08. The molecule has 4 nitrogen and oxygen atoms in total. The van der Waals surface area contributed by atoms with Crippen LogP contribution in [0.15, 0.2) is 28.7 Å². The van der Waals surface area contributed by atoms with E-state index in [9.17, 15) is 9.59 Å². The first kappa shape index (κ1) is 14.5. The van der Waals surface area contributed by atoms with Gasteiger partial charge in [0.1, 0.15) is 4.32 Å². The van der Waals surface area contributed by atoms with Crippen molar-refractivity contribution in [2.75, 3.05) is 18.8 Å². The molecule has 7 heteroatoms. The summed E-state index contributed by atoms with van der Waals surface area (Å²) in [6.07, 6.45) is 0. The third-order valence-corrected chi connectivity index (χ3v) is 4.53. The van der Waals surface area contributed by atoms with Crippen LogP contribution < -0.4 is 5.32 Å². The molecule has 2 rings (SSSR count). The fraction of sp³-hybridized carbons (Fsp3) is 0.250. The summed E-state index contributed by atoms with van der Waals surface area (Å²) in [6, 6.07) is 7.09. The molecule has 0 atom stereocenters. The van der Waals surface area contributed by atoms with E-state index in [1.165, 1.54) is 16.7 Å². The van der Waals surface area contributed by atoms with Crippen LogP contribution in [0.3, 0.4) is 0 Å². The average Bonchev–Trinajstić information content (AvgIpc) is 2.71. The van der Waals surface area contributed by atoms with Gasteiger partial charge >= 0.3 is 0 Å². The molecule has 1 aliphatic heterocycles. The molecular formula is C12H11BrN2O2S2. The molecular weight excluding hydrogens is 348 g/mol. The van der Waals surface area contributed by atoms with E-state index >= 15 is 0 Å². The number of benzene rings is 1. The van der Waals surface area contributed by atoms with Crippen LogP contribution in [0.5, 0.6) is 0 Å². The molecule has 19 heavy (non-hydrogen) atoms. The molecule has 0 radical (unpaired) electrons. The summed E-state index contributed by atoms with van der Waals surface area (Å²) in [4.78, 5) is 24.8. The molecule has 100 valence electrons. The van der Waals surface area contributed by atoms with Crippen LogP contribution in [0.2, 0.25) is 0 Å². The van der Waals surface area contributed by atoms with Gasteiger partial charge in [-0.2, -0.15) is 0 Å². The van der Waals surface area contributed by atoms with Gasteiger partial charge in [0.15, 0.2) is 0 Å². The highest BCUT2D eigenvalue weighted by Crippen LogP contribution is 2.18. The number of hydrogen-bond acceptors (Lipinski definition) is 4. The maximum atomic E-state index is 11.8. The molecule has 1 aromatic carbocycles. The predicted molar refractivity (Wildman–Crippen MR) is 83.2 cm³/mol. The zero-order valence-corrected chi connectivity index (χ0v) is 13.1. The number of carbonyl (C=O) groups excluding carboxylic acids is 2. The number of nitrogens with zero attached hydrogens (tertiary/aromatic N) is 1. The molecule has 1 aliphatic rings. The number of thioether (sulfide) groups is 1. The minimum Gasteiger partial charge on any atom is -0.350 e. The second kappa shape index (κ2) is 6.49. The zero-order chi connectivity index (χ0) is 13.8. The van der Waals surface area contributed by atoms with Crippen molar-refractivity contribution < 1.29 is 9.59 Å². The number of halogens is 1. The minimum absolute atomic E-state index is 0.00731. The zero-order valence-electron chi connectivity index (χ0n) is 9.89. The second-order valence-corrected chi connectivity index (χ2v) is 6.39. The fourth-order valence-corrected chi connectivity index (χ4v) is 2.97. The van der Waals surface area contributed by atoms with Crippen molar-refractivity contribution in [2.24, 2.45) is 0 Å². The van der Waals surface area contributed by atoms with Crippen molar-refractivity contribution in [1.29, 1.82) is 0 Å². The van der Waals surface area contributed by atoms with Gasteiger partial charge in [0.25, 0.3) is 5.91 Å². The lowest BCUT2D eigenvalue weighted by atomic mass is 10.2. The van der Waals surface area contributed by atoms with Crippen LogP contribution in [-0.4, -0.2) is 39.9 Å². The topological polar surface area (TPSA) is 49.4 Å². The number of thiocarbonyl (C=S) groups is 1. The largest absolute Gasteiger partial charge is 0.350 e. The maximum Gasteiger partial charge on any atom is 0.251 e. The smallest absolute Gasteiger partial charge is 0.251 e. The quantitative estimate of drug-likeness (QED) is 0.836. The Morgan fingerprint density at radius 1 is 1.42 bits per heavy atom. The molecule has 0 bridgehead atoms. The lowest BCUT2D eigenvalue weighted by molar-refractivity contribution is -0.123. The second-order valence-electron chi connectivity index (χ2n) is 3.86. The minimum atomic E-state index is -0.155. The molecule has 0 aliphatic carbocycles. The Morgan fingerprint density at radius 3 is 2.68 bits per heavy atom. The van der Waals surface area contributed by atoms with Crippen LogP contribution in [-0.2, 0) is 4.79 Å². The van der Waals surface area contributed by atoms with Crippen molar-refractivity contribution >= 4 is 56.0 Å². The van der Waals surface area contributed by atoms with E-state index in [0.29, 0.717) is 28.7 Å². The number of hydrogen-bond donors (Lipinski definition) is 1. The Labute approximate surface area is 129 Å². The van der Waals surface area contributed by atoms with E-state index in [-0.39, 0.29) is 11.8 Å². The van der Waals surface area contributed by atoms with Gasteiger partial charge in [-0.3, -0.25) is 14.5 Å². The van der Waals surface area contributed by atoms with Crippen molar-refractivity contribution in [3.63, 3.8) is 0 Å². The van der Waals surface area contributed by atoms with Gasteiger partial charge < -0.3 is 5.32 Å².